The van der Waals surface area contributed by atoms with Crippen LogP contribution in [0.25, 0.3) is 0 Å². The molecule has 0 bridgehead atoms. The largest absolute Gasteiger partial charge is 0.507 e. The molecule has 3 aromatic rings. The van der Waals surface area contributed by atoms with Gasteiger partial charge in [-0.05, 0) is 47.1 Å². The minimum atomic E-state index is -0.718. The highest BCUT2D eigenvalue weighted by molar-refractivity contribution is 5.66. The molecule has 3 heteroatoms. The Morgan fingerprint density at radius 1 is 0.667 bits per heavy atom. The molecule has 0 spiro atoms. The third-order valence-electron chi connectivity index (χ3n) is 5.41. The fraction of sp³-hybridized carbons (Fsp3) is 0.296. The summed E-state index contributed by atoms with van der Waals surface area (Å²) in [7, 11) is 0. The fourth-order valence-electron chi connectivity index (χ4n) is 3.84. The highest BCUT2D eigenvalue weighted by atomic mass is 16.4. The zero-order valence-electron chi connectivity index (χ0n) is 17.4. The molecule has 3 nitrogen and oxygen atoms in total. The molecule has 0 saturated carbocycles. The first kappa shape index (κ1) is 21.6. The molecule has 0 heterocycles. The van der Waals surface area contributed by atoms with Crippen LogP contribution < -0.4 is 0 Å². The predicted molar refractivity (Wildman–Crippen MR) is 121 cm³/mol. The third-order valence-corrected chi connectivity index (χ3v) is 5.41. The van der Waals surface area contributed by atoms with Crippen molar-refractivity contribution in [1.29, 1.82) is 0 Å². The number of aliphatic carboxylic acids is 1. The third kappa shape index (κ3) is 6.77. The first-order chi connectivity index (χ1) is 14.6. The van der Waals surface area contributed by atoms with Gasteiger partial charge in [0.05, 0.1) is 0 Å². The van der Waals surface area contributed by atoms with E-state index in [1.54, 1.807) is 0 Å². The van der Waals surface area contributed by atoms with Crippen molar-refractivity contribution in [2.75, 3.05) is 0 Å². The maximum absolute atomic E-state index is 11.0. The zero-order valence-corrected chi connectivity index (χ0v) is 17.4. The first-order valence-electron chi connectivity index (χ1n) is 10.7. The number of carboxylic acids is 1. The summed E-state index contributed by atoms with van der Waals surface area (Å²) in [4.78, 5) is 10.6. The fourth-order valence-corrected chi connectivity index (χ4v) is 3.84. The van der Waals surface area contributed by atoms with Crippen LogP contribution in [0, 0.1) is 0 Å². The second kappa shape index (κ2) is 11.2. The number of unbranched alkanes of at least 4 members (excludes halogenated alkanes) is 3. The zero-order chi connectivity index (χ0) is 21.2. The average Bonchev–Trinajstić information content (AvgIpc) is 2.75. The van der Waals surface area contributed by atoms with Crippen molar-refractivity contribution in [2.24, 2.45) is 0 Å². The van der Waals surface area contributed by atoms with Crippen molar-refractivity contribution in [3.63, 3.8) is 0 Å². The van der Waals surface area contributed by atoms with E-state index in [0.717, 1.165) is 43.2 Å². The van der Waals surface area contributed by atoms with E-state index in [9.17, 15) is 9.90 Å². The predicted octanol–water partition coefficient (Wildman–Crippen LogP) is 6.15. The molecular formula is C27H30O3. The number of rotatable bonds is 11. The number of hydrogen-bond acceptors (Lipinski definition) is 2. The SMILES string of the molecule is O=C(O)CCCCCCc1cc(Cc2ccccc2)c(O)c(Cc2ccccc2)c1. The second-order valence-electron chi connectivity index (χ2n) is 7.90. The Bertz CT molecular complexity index is 870. The topological polar surface area (TPSA) is 57.5 Å². The molecule has 0 atom stereocenters. The minimum Gasteiger partial charge on any atom is -0.507 e. The lowest BCUT2D eigenvalue weighted by molar-refractivity contribution is -0.137. The van der Waals surface area contributed by atoms with Gasteiger partial charge < -0.3 is 10.2 Å². The van der Waals surface area contributed by atoms with Crippen molar-refractivity contribution >= 4 is 5.97 Å². The number of benzene rings is 3. The molecule has 0 aromatic heterocycles. The Kier molecular flexibility index (Phi) is 8.08. The van der Waals surface area contributed by atoms with Gasteiger partial charge in [0.2, 0.25) is 0 Å². The van der Waals surface area contributed by atoms with Crippen LogP contribution in [0.15, 0.2) is 72.8 Å². The molecule has 156 valence electrons. The van der Waals surface area contributed by atoms with E-state index in [1.807, 2.05) is 36.4 Å². The Morgan fingerprint density at radius 3 is 1.67 bits per heavy atom. The van der Waals surface area contributed by atoms with E-state index in [2.05, 4.69) is 36.4 Å². The number of phenols is 1. The molecule has 30 heavy (non-hydrogen) atoms. The molecule has 0 fully saturated rings. The van der Waals surface area contributed by atoms with Crippen molar-refractivity contribution < 1.29 is 15.0 Å². The smallest absolute Gasteiger partial charge is 0.303 e. The van der Waals surface area contributed by atoms with Crippen LogP contribution in [0.5, 0.6) is 5.75 Å². The minimum absolute atomic E-state index is 0.252. The van der Waals surface area contributed by atoms with Gasteiger partial charge >= 0.3 is 5.97 Å². The Labute approximate surface area is 179 Å². The van der Waals surface area contributed by atoms with Crippen LogP contribution in [0.2, 0.25) is 0 Å². The summed E-state index contributed by atoms with van der Waals surface area (Å²) < 4.78 is 0. The van der Waals surface area contributed by atoms with Gasteiger partial charge in [-0.2, -0.15) is 0 Å². The first-order valence-corrected chi connectivity index (χ1v) is 10.7. The summed E-state index contributed by atoms with van der Waals surface area (Å²) in [6.45, 7) is 0. The van der Waals surface area contributed by atoms with Gasteiger partial charge in [0, 0.05) is 19.3 Å². The summed E-state index contributed by atoms with van der Waals surface area (Å²) in [5.74, 6) is -0.322. The second-order valence-corrected chi connectivity index (χ2v) is 7.90. The standard InChI is InChI=1S/C27H30O3/c28-26(29)16-10-2-1-5-15-23-19-24(17-21-11-6-3-7-12-21)27(30)25(20-23)18-22-13-8-4-9-14-22/h3-4,6-9,11-14,19-20,30H,1-2,5,10,15-18H2,(H,28,29). The van der Waals surface area contributed by atoms with E-state index in [1.165, 1.54) is 16.7 Å². The number of phenolic OH excluding ortho intramolecular Hbond substituents is 1. The number of aromatic hydroxyl groups is 1. The summed E-state index contributed by atoms with van der Waals surface area (Å²) >= 11 is 0. The number of carboxylic acid groups (broad SMARTS) is 1. The van der Waals surface area contributed by atoms with Gasteiger partial charge in [0.15, 0.2) is 0 Å². The molecule has 2 N–H and O–H groups in total. The number of hydrogen-bond donors (Lipinski definition) is 2. The number of carbonyl (C=O) groups is 1. The molecule has 0 radical (unpaired) electrons. The van der Waals surface area contributed by atoms with Crippen molar-refractivity contribution in [3.8, 4) is 5.75 Å². The van der Waals surface area contributed by atoms with Crippen LogP contribution in [0.3, 0.4) is 0 Å². The highest BCUT2D eigenvalue weighted by Gasteiger charge is 2.12. The van der Waals surface area contributed by atoms with Crippen molar-refractivity contribution in [2.45, 2.75) is 51.4 Å². The van der Waals surface area contributed by atoms with Gasteiger partial charge in [-0.25, -0.2) is 0 Å². The molecule has 0 aliphatic rings. The molecule has 0 amide bonds. The molecule has 0 saturated heterocycles. The summed E-state index contributed by atoms with van der Waals surface area (Å²) in [6.07, 6.45) is 6.35. The van der Waals surface area contributed by atoms with Gasteiger partial charge in [-0.3, -0.25) is 4.79 Å². The highest BCUT2D eigenvalue weighted by Crippen LogP contribution is 2.30. The maximum atomic E-state index is 11.0. The monoisotopic (exact) mass is 402 g/mol. The van der Waals surface area contributed by atoms with Crippen LogP contribution in [0.1, 0.15) is 59.9 Å². The molecule has 0 unspecified atom stereocenters. The summed E-state index contributed by atoms with van der Waals surface area (Å²) in [5.41, 5.74) is 5.54. The van der Waals surface area contributed by atoms with Gasteiger partial charge in [0.25, 0.3) is 0 Å². The molecular weight excluding hydrogens is 372 g/mol. The van der Waals surface area contributed by atoms with Crippen LogP contribution in [-0.4, -0.2) is 16.2 Å². The number of aryl methyl sites for hydroxylation is 1. The van der Waals surface area contributed by atoms with Crippen LogP contribution in [0.4, 0.5) is 0 Å². The molecule has 0 aliphatic heterocycles. The lowest BCUT2D eigenvalue weighted by atomic mass is 9.93. The normalized spacial score (nSPS) is 10.8. The van der Waals surface area contributed by atoms with Crippen LogP contribution in [-0.2, 0) is 24.1 Å². The lowest BCUT2D eigenvalue weighted by Gasteiger charge is -2.14. The van der Waals surface area contributed by atoms with Crippen molar-refractivity contribution in [1.82, 2.24) is 0 Å². The van der Waals surface area contributed by atoms with E-state index >= 15 is 0 Å². The van der Waals surface area contributed by atoms with E-state index < -0.39 is 5.97 Å². The Morgan fingerprint density at radius 2 is 1.17 bits per heavy atom. The molecule has 3 rings (SSSR count). The molecule has 0 aliphatic carbocycles. The van der Waals surface area contributed by atoms with E-state index in [4.69, 9.17) is 5.11 Å². The lowest BCUT2D eigenvalue weighted by Crippen LogP contribution is -1.99. The van der Waals surface area contributed by atoms with Gasteiger partial charge in [-0.15, -0.1) is 0 Å². The van der Waals surface area contributed by atoms with E-state index in [-0.39, 0.29) is 6.42 Å². The van der Waals surface area contributed by atoms with Crippen LogP contribution >= 0.6 is 0 Å². The molecule has 3 aromatic carbocycles. The Hall–Kier alpha value is -3.07. The maximum Gasteiger partial charge on any atom is 0.303 e. The Balaban J connectivity index is 1.74. The summed E-state index contributed by atoms with van der Waals surface area (Å²) in [5, 5.41) is 19.7. The quantitative estimate of drug-likeness (QED) is 0.378. The van der Waals surface area contributed by atoms with E-state index in [0.29, 0.717) is 18.6 Å². The average molecular weight is 403 g/mol. The summed E-state index contributed by atoms with van der Waals surface area (Å²) in [6, 6.07) is 24.7. The van der Waals surface area contributed by atoms with Gasteiger partial charge in [0.1, 0.15) is 5.75 Å². The van der Waals surface area contributed by atoms with Crippen molar-refractivity contribution in [3.05, 3.63) is 101 Å². The van der Waals surface area contributed by atoms with Gasteiger partial charge in [-0.1, -0.05) is 85.6 Å².